The monoisotopic (exact) mass is 380 g/mol. The van der Waals surface area contributed by atoms with E-state index in [1.807, 2.05) is 30.0 Å². The number of anilines is 1. The number of thioether (sulfide) groups is 1. The van der Waals surface area contributed by atoms with Gasteiger partial charge in [-0.05, 0) is 23.1 Å². The van der Waals surface area contributed by atoms with Gasteiger partial charge < -0.3 is 10.1 Å². The predicted molar refractivity (Wildman–Crippen MR) is 108 cm³/mol. The Bertz CT molecular complexity index is 999. The molecule has 2 unspecified atom stereocenters. The van der Waals surface area contributed by atoms with Crippen LogP contribution in [0.1, 0.15) is 25.0 Å². The lowest BCUT2D eigenvalue weighted by molar-refractivity contribution is -0.385. The molecule has 27 heavy (non-hydrogen) atoms. The third-order valence-electron chi connectivity index (χ3n) is 6.14. The molecule has 5 nitrogen and oxygen atoms in total. The van der Waals surface area contributed by atoms with Gasteiger partial charge in [-0.3, -0.25) is 10.1 Å². The maximum Gasteiger partial charge on any atom is 0.269 e. The number of nitro groups is 1. The van der Waals surface area contributed by atoms with Crippen LogP contribution >= 0.6 is 11.8 Å². The first-order valence-electron chi connectivity index (χ1n) is 9.10. The molecule has 6 heteroatoms. The molecular formula is C21H20N2O3S. The zero-order valence-electron chi connectivity index (χ0n) is 15.2. The standard InChI is InChI=1S/C21H20N2O3S/c1-21(2)15-9-12(23(24)25)7-8-17(15)22-19-14-10-26-18-6-4-3-5-13(18)20(14)27-11-16(19)21/h3-9,16,19,22H,10-11H2,1-2H3. The lowest BCUT2D eigenvalue weighted by Crippen LogP contribution is -2.51. The second kappa shape index (κ2) is 5.76. The summed E-state index contributed by atoms with van der Waals surface area (Å²) in [6, 6.07) is 13.6. The van der Waals surface area contributed by atoms with E-state index in [0.717, 1.165) is 22.8 Å². The van der Waals surface area contributed by atoms with Crippen LogP contribution in [0.4, 0.5) is 11.4 Å². The Morgan fingerprint density at radius 2 is 2.07 bits per heavy atom. The summed E-state index contributed by atoms with van der Waals surface area (Å²) in [5, 5.41) is 14.9. The van der Waals surface area contributed by atoms with Gasteiger partial charge in [-0.1, -0.05) is 32.0 Å². The molecule has 0 aromatic heterocycles. The van der Waals surface area contributed by atoms with Gasteiger partial charge in [0.1, 0.15) is 12.4 Å². The number of para-hydroxylation sites is 1. The van der Waals surface area contributed by atoms with Crippen molar-refractivity contribution in [1.29, 1.82) is 0 Å². The Morgan fingerprint density at radius 3 is 2.89 bits per heavy atom. The molecule has 138 valence electrons. The molecule has 3 heterocycles. The van der Waals surface area contributed by atoms with Crippen molar-refractivity contribution in [2.75, 3.05) is 17.7 Å². The van der Waals surface area contributed by atoms with Gasteiger partial charge in [-0.15, -0.1) is 11.8 Å². The second-order valence-corrected chi connectivity index (χ2v) is 8.92. The van der Waals surface area contributed by atoms with Gasteiger partial charge in [-0.25, -0.2) is 0 Å². The van der Waals surface area contributed by atoms with E-state index in [9.17, 15) is 10.1 Å². The van der Waals surface area contributed by atoms with Gasteiger partial charge in [0.25, 0.3) is 5.69 Å². The van der Waals surface area contributed by atoms with E-state index in [4.69, 9.17) is 4.74 Å². The number of fused-ring (bicyclic) bond motifs is 5. The molecule has 0 bridgehead atoms. The van der Waals surface area contributed by atoms with E-state index in [1.165, 1.54) is 16.0 Å². The summed E-state index contributed by atoms with van der Waals surface area (Å²) in [7, 11) is 0. The number of hydrogen-bond donors (Lipinski definition) is 1. The van der Waals surface area contributed by atoms with Gasteiger partial charge in [0, 0.05) is 45.5 Å². The summed E-state index contributed by atoms with van der Waals surface area (Å²) in [5.74, 6) is 2.26. The van der Waals surface area contributed by atoms with E-state index < -0.39 is 0 Å². The van der Waals surface area contributed by atoms with Crippen LogP contribution in [0.3, 0.4) is 0 Å². The third-order valence-corrected chi connectivity index (χ3v) is 7.43. The van der Waals surface area contributed by atoms with E-state index >= 15 is 0 Å². The van der Waals surface area contributed by atoms with E-state index in [2.05, 4.69) is 31.3 Å². The Hall–Kier alpha value is -2.47. The van der Waals surface area contributed by atoms with Crippen LogP contribution in [0, 0.1) is 16.0 Å². The molecule has 0 fully saturated rings. The molecule has 3 aliphatic heterocycles. The first-order chi connectivity index (χ1) is 13.0. The van der Waals surface area contributed by atoms with Crippen molar-refractivity contribution in [2.24, 2.45) is 5.92 Å². The molecule has 0 spiro atoms. The number of nitro benzene ring substituents is 1. The number of hydrogen-bond acceptors (Lipinski definition) is 5. The summed E-state index contributed by atoms with van der Waals surface area (Å²) in [5.41, 5.74) is 4.48. The van der Waals surface area contributed by atoms with Gasteiger partial charge in [0.15, 0.2) is 0 Å². The molecule has 1 N–H and O–H groups in total. The molecule has 2 atom stereocenters. The topological polar surface area (TPSA) is 64.4 Å². The van der Waals surface area contributed by atoms with Crippen LogP contribution < -0.4 is 10.1 Å². The zero-order valence-corrected chi connectivity index (χ0v) is 16.0. The Labute approximate surface area is 162 Å². The van der Waals surface area contributed by atoms with Crippen molar-refractivity contribution in [3.8, 4) is 5.75 Å². The number of benzene rings is 2. The number of nitrogens with zero attached hydrogens (tertiary/aromatic N) is 1. The van der Waals surface area contributed by atoms with Crippen molar-refractivity contribution in [2.45, 2.75) is 25.3 Å². The normalized spacial score (nSPS) is 24.5. The molecule has 3 aliphatic rings. The highest BCUT2D eigenvalue weighted by Crippen LogP contribution is 2.54. The van der Waals surface area contributed by atoms with Gasteiger partial charge in [0.2, 0.25) is 0 Å². The van der Waals surface area contributed by atoms with Crippen LogP contribution in [0.2, 0.25) is 0 Å². The lowest BCUT2D eigenvalue weighted by atomic mass is 9.66. The van der Waals surface area contributed by atoms with Crippen LogP contribution in [0.5, 0.6) is 5.75 Å². The third kappa shape index (κ3) is 2.39. The molecule has 5 rings (SSSR count). The summed E-state index contributed by atoms with van der Waals surface area (Å²) >= 11 is 1.89. The van der Waals surface area contributed by atoms with Crippen molar-refractivity contribution in [3.05, 3.63) is 69.3 Å². The maximum absolute atomic E-state index is 11.2. The summed E-state index contributed by atoms with van der Waals surface area (Å²) in [6.07, 6.45) is 0. The number of ether oxygens (including phenoxy) is 1. The molecule has 0 saturated heterocycles. The molecule has 0 aliphatic carbocycles. The number of rotatable bonds is 1. The molecule has 0 saturated carbocycles. The van der Waals surface area contributed by atoms with Crippen LogP contribution in [0.25, 0.3) is 4.91 Å². The minimum atomic E-state index is -0.315. The summed E-state index contributed by atoms with van der Waals surface area (Å²) in [4.78, 5) is 12.3. The first kappa shape index (κ1) is 16.7. The highest BCUT2D eigenvalue weighted by molar-refractivity contribution is 8.08. The highest BCUT2D eigenvalue weighted by Gasteiger charge is 2.47. The molecule has 2 aromatic carbocycles. The predicted octanol–water partition coefficient (Wildman–Crippen LogP) is 4.83. The van der Waals surface area contributed by atoms with Crippen molar-refractivity contribution < 1.29 is 9.66 Å². The fourth-order valence-corrected chi connectivity index (χ4v) is 6.22. The molecule has 0 radical (unpaired) electrons. The first-order valence-corrected chi connectivity index (χ1v) is 10.1. The van der Waals surface area contributed by atoms with Crippen LogP contribution in [-0.4, -0.2) is 23.3 Å². The van der Waals surface area contributed by atoms with Gasteiger partial charge in [-0.2, -0.15) is 0 Å². The molecule has 0 amide bonds. The fraction of sp³-hybridized carbons (Fsp3) is 0.333. The van der Waals surface area contributed by atoms with E-state index in [1.54, 1.807) is 12.1 Å². The number of nitrogens with one attached hydrogen (secondary N) is 1. The summed E-state index contributed by atoms with van der Waals surface area (Å²) in [6.45, 7) is 5.00. The van der Waals surface area contributed by atoms with Crippen LogP contribution in [0.15, 0.2) is 48.0 Å². The minimum Gasteiger partial charge on any atom is -0.488 e. The van der Waals surface area contributed by atoms with Gasteiger partial charge in [0.05, 0.1) is 11.0 Å². The quantitative estimate of drug-likeness (QED) is 0.567. The van der Waals surface area contributed by atoms with Crippen LogP contribution in [-0.2, 0) is 5.41 Å². The second-order valence-electron chi connectivity index (χ2n) is 7.89. The zero-order chi connectivity index (χ0) is 18.8. The summed E-state index contributed by atoms with van der Waals surface area (Å²) < 4.78 is 6.05. The molecular weight excluding hydrogens is 360 g/mol. The van der Waals surface area contributed by atoms with E-state index in [-0.39, 0.29) is 22.1 Å². The van der Waals surface area contributed by atoms with Crippen molar-refractivity contribution in [3.63, 3.8) is 0 Å². The van der Waals surface area contributed by atoms with Gasteiger partial charge >= 0.3 is 0 Å². The van der Waals surface area contributed by atoms with Crippen molar-refractivity contribution >= 4 is 28.0 Å². The SMILES string of the molecule is CC1(C)c2cc([N+](=O)[O-])ccc2NC2C3=C(SCC21)c1ccccc1OC3. The average molecular weight is 380 g/mol. The number of non-ortho nitro benzene ring substituents is 1. The van der Waals surface area contributed by atoms with E-state index in [0.29, 0.717) is 12.5 Å². The largest absolute Gasteiger partial charge is 0.488 e. The van der Waals surface area contributed by atoms with Crippen molar-refractivity contribution in [1.82, 2.24) is 0 Å². The fourth-order valence-electron chi connectivity index (χ4n) is 4.57. The Morgan fingerprint density at radius 1 is 1.26 bits per heavy atom. The minimum absolute atomic E-state index is 0.153. The maximum atomic E-state index is 11.2. The lowest BCUT2D eigenvalue weighted by Gasteiger charge is -2.50. The average Bonchev–Trinajstić information content (AvgIpc) is 2.67. The Kier molecular flexibility index (Phi) is 3.56. The smallest absolute Gasteiger partial charge is 0.269 e. The Balaban J connectivity index is 1.62. The molecule has 2 aromatic rings. The highest BCUT2D eigenvalue weighted by atomic mass is 32.2.